The summed E-state index contributed by atoms with van der Waals surface area (Å²) in [5.41, 5.74) is 5.12. The van der Waals surface area contributed by atoms with Gasteiger partial charge in [-0.05, 0) is 24.3 Å². The van der Waals surface area contributed by atoms with Gasteiger partial charge in [0.2, 0.25) is 10.0 Å². The maximum absolute atomic E-state index is 10.8. The molecule has 0 amide bonds. The van der Waals surface area contributed by atoms with Crippen LogP contribution in [0.15, 0.2) is 29.2 Å². The second-order valence-corrected chi connectivity index (χ2v) is 3.89. The first-order chi connectivity index (χ1) is 6.04. The molecule has 1 rings (SSSR count). The quantitative estimate of drug-likeness (QED) is 0.653. The number of primary sulfonamides is 1. The number of ether oxygens (including phenoxy) is 1. The molecule has 0 saturated carbocycles. The third kappa shape index (κ3) is 2.69. The molecule has 0 atom stereocenters. The van der Waals surface area contributed by atoms with Gasteiger partial charge in [0.25, 0.3) is 0 Å². The molecule has 72 valence electrons. The minimum atomic E-state index is -3.62. The second kappa shape index (κ2) is 3.73. The Hall–Kier alpha value is -1.11. The lowest BCUT2D eigenvalue weighted by Gasteiger charge is -2.02. The maximum Gasteiger partial charge on any atom is 0.238 e. The van der Waals surface area contributed by atoms with E-state index < -0.39 is 10.0 Å². The van der Waals surface area contributed by atoms with Crippen molar-refractivity contribution in [3.8, 4) is 5.75 Å². The standard InChI is InChI=1S/C7H10N2O3S/c8-5-12-6-1-3-7(4-2-6)13(9,10)11/h1-4H,5,8H2,(H2,9,10,11). The van der Waals surface area contributed by atoms with Crippen molar-refractivity contribution in [1.29, 1.82) is 0 Å². The van der Waals surface area contributed by atoms with Crippen LogP contribution in [0.1, 0.15) is 0 Å². The monoisotopic (exact) mass is 202 g/mol. The molecule has 13 heavy (non-hydrogen) atoms. The van der Waals surface area contributed by atoms with E-state index in [9.17, 15) is 8.42 Å². The van der Waals surface area contributed by atoms with Crippen LogP contribution in [0.2, 0.25) is 0 Å². The molecular formula is C7H10N2O3S. The molecule has 0 saturated heterocycles. The van der Waals surface area contributed by atoms with Crippen LogP contribution in [-0.2, 0) is 10.0 Å². The van der Waals surface area contributed by atoms with Crippen LogP contribution < -0.4 is 15.6 Å². The fourth-order valence-electron chi connectivity index (χ4n) is 0.822. The molecule has 1 aromatic rings. The van der Waals surface area contributed by atoms with Crippen LogP contribution in [-0.4, -0.2) is 15.1 Å². The first kappa shape index (κ1) is 9.97. The highest BCUT2D eigenvalue weighted by atomic mass is 32.2. The SMILES string of the molecule is NCOc1ccc(S(N)(=O)=O)cc1. The third-order valence-corrected chi connectivity index (χ3v) is 2.33. The molecule has 0 aliphatic rings. The summed E-state index contributed by atoms with van der Waals surface area (Å²) in [5, 5.41) is 4.89. The van der Waals surface area contributed by atoms with E-state index in [-0.39, 0.29) is 11.6 Å². The van der Waals surface area contributed by atoms with Crippen LogP contribution in [0.4, 0.5) is 0 Å². The summed E-state index contributed by atoms with van der Waals surface area (Å²) in [6.07, 6.45) is 0. The van der Waals surface area contributed by atoms with Crippen molar-refractivity contribution in [2.45, 2.75) is 4.90 Å². The third-order valence-electron chi connectivity index (χ3n) is 1.40. The molecule has 0 unspecified atom stereocenters. The molecule has 5 nitrogen and oxygen atoms in total. The van der Waals surface area contributed by atoms with Crippen LogP contribution in [0.5, 0.6) is 5.75 Å². The average molecular weight is 202 g/mol. The summed E-state index contributed by atoms with van der Waals surface area (Å²) in [7, 11) is -3.62. The molecular weight excluding hydrogens is 192 g/mol. The Kier molecular flexibility index (Phi) is 2.86. The van der Waals surface area contributed by atoms with Gasteiger partial charge in [-0.1, -0.05) is 0 Å². The predicted octanol–water partition coefficient (Wildman–Crippen LogP) is -0.371. The van der Waals surface area contributed by atoms with Crippen LogP contribution in [0.25, 0.3) is 0 Å². The second-order valence-electron chi connectivity index (χ2n) is 2.33. The lowest BCUT2D eigenvalue weighted by Crippen LogP contribution is -2.12. The average Bonchev–Trinajstić information content (AvgIpc) is 2.04. The summed E-state index contributed by atoms with van der Waals surface area (Å²) in [5.74, 6) is 0.509. The Bertz CT molecular complexity index is 371. The Morgan fingerprint density at radius 2 is 1.77 bits per heavy atom. The largest absolute Gasteiger partial charge is 0.479 e. The molecule has 0 fully saturated rings. The lowest BCUT2D eigenvalue weighted by molar-refractivity contribution is 0.329. The summed E-state index contributed by atoms with van der Waals surface area (Å²) < 4.78 is 26.5. The normalized spacial score (nSPS) is 11.2. The van der Waals surface area contributed by atoms with Crippen LogP contribution in [0, 0.1) is 0 Å². The van der Waals surface area contributed by atoms with Gasteiger partial charge in [-0.25, -0.2) is 13.6 Å². The van der Waals surface area contributed by atoms with Gasteiger partial charge in [-0.2, -0.15) is 0 Å². The summed E-state index contributed by atoms with van der Waals surface area (Å²) >= 11 is 0. The van der Waals surface area contributed by atoms with Crippen molar-refractivity contribution in [1.82, 2.24) is 0 Å². The van der Waals surface area contributed by atoms with Crippen molar-refractivity contribution in [2.24, 2.45) is 10.9 Å². The van der Waals surface area contributed by atoms with Gasteiger partial charge in [-0.3, -0.25) is 5.73 Å². The molecule has 1 aromatic carbocycles. The first-order valence-electron chi connectivity index (χ1n) is 3.50. The fourth-order valence-corrected chi connectivity index (χ4v) is 1.34. The Labute approximate surface area is 76.4 Å². The Morgan fingerprint density at radius 1 is 1.23 bits per heavy atom. The topological polar surface area (TPSA) is 95.4 Å². The van der Waals surface area contributed by atoms with Crippen molar-refractivity contribution in [2.75, 3.05) is 6.73 Å². The van der Waals surface area contributed by atoms with Gasteiger partial charge < -0.3 is 4.74 Å². The maximum atomic E-state index is 10.8. The summed E-state index contributed by atoms with van der Waals surface area (Å²) in [6, 6.07) is 5.71. The first-order valence-corrected chi connectivity index (χ1v) is 5.04. The number of nitrogens with two attached hydrogens (primary N) is 2. The highest BCUT2D eigenvalue weighted by Crippen LogP contribution is 2.13. The van der Waals surface area contributed by atoms with E-state index in [1.165, 1.54) is 24.3 Å². The van der Waals surface area contributed by atoms with Gasteiger partial charge in [-0.15, -0.1) is 0 Å². The van der Waals surface area contributed by atoms with Crippen LogP contribution in [0.3, 0.4) is 0 Å². The van der Waals surface area contributed by atoms with E-state index in [2.05, 4.69) is 0 Å². The molecule has 4 N–H and O–H groups in total. The Balaban J connectivity index is 2.94. The van der Waals surface area contributed by atoms with Gasteiger partial charge >= 0.3 is 0 Å². The van der Waals surface area contributed by atoms with Crippen molar-refractivity contribution < 1.29 is 13.2 Å². The van der Waals surface area contributed by atoms with E-state index in [4.69, 9.17) is 15.6 Å². The van der Waals surface area contributed by atoms with E-state index in [1.807, 2.05) is 0 Å². The van der Waals surface area contributed by atoms with E-state index in [1.54, 1.807) is 0 Å². The van der Waals surface area contributed by atoms with Gasteiger partial charge in [0.1, 0.15) is 12.5 Å². The summed E-state index contributed by atoms with van der Waals surface area (Å²) in [6.45, 7) is 0.0503. The fraction of sp³-hybridized carbons (Fsp3) is 0.143. The number of hydrogen-bond donors (Lipinski definition) is 2. The smallest absolute Gasteiger partial charge is 0.238 e. The molecule has 0 aliphatic heterocycles. The zero-order chi connectivity index (χ0) is 9.90. The zero-order valence-electron chi connectivity index (χ0n) is 6.80. The number of sulfonamides is 1. The molecule has 0 heterocycles. The lowest BCUT2D eigenvalue weighted by atomic mass is 10.3. The number of rotatable bonds is 3. The molecule has 0 spiro atoms. The zero-order valence-corrected chi connectivity index (χ0v) is 7.62. The predicted molar refractivity (Wildman–Crippen MR) is 47.5 cm³/mol. The molecule has 0 aromatic heterocycles. The van der Waals surface area contributed by atoms with E-state index in [0.29, 0.717) is 5.75 Å². The molecule has 6 heteroatoms. The molecule has 0 radical (unpaired) electrons. The highest BCUT2D eigenvalue weighted by Gasteiger charge is 2.06. The van der Waals surface area contributed by atoms with Gasteiger partial charge in [0, 0.05) is 0 Å². The minimum absolute atomic E-state index is 0.0503. The summed E-state index contributed by atoms with van der Waals surface area (Å²) in [4.78, 5) is 0.0527. The number of benzene rings is 1. The van der Waals surface area contributed by atoms with Crippen molar-refractivity contribution in [3.63, 3.8) is 0 Å². The van der Waals surface area contributed by atoms with Gasteiger partial charge in [0.05, 0.1) is 4.90 Å². The van der Waals surface area contributed by atoms with E-state index >= 15 is 0 Å². The van der Waals surface area contributed by atoms with Gasteiger partial charge in [0.15, 0.2) is 0 Å². The Morgan fingerprint density at radius 3 is 2.15 bits per heavy atom. The number of hydrogen-bond acceptors (Lipinski definition) is 4. The van der Waals surface area contributed by atoms with Crippen molar-refractivity contribution >= 4 is 10.0 Å². The van der Waals surface area contributed by atoms with Crippen molar-refractivity contribution in [3.05, 3.63) is 24.3 Å². The minimum Gasteiger partial charge on any atom is -0.479 e. The molecule has 0 aliphatic carbocycles. The van der Waals surface area contributed by atoms with Crippen LogP contribution >= 0.6 is 0 Å². The van der Waals surface area contributed by atoms with E-state index in [0.717, 1.165) is 0 Å². The highest BCUT2D eigenvalue weighted by molar-refractivity contribution is 7.89. The molecule has 0 bridgehead atoms.